The molecule has 0 spiro atoms. The van der Waals surface area contributed by atoms with Crippen LogP contribution in [-0.4, -0.2) is 9.61 Å². The van der Waals surface area contributed by atoms with Crippen LogP contribution in [0.1, 0.15) is 17.2 Å². The maximum atomic E-state index is 13.0. The minimum atomic E-state index is -0.344. The van der Waals surface area contributed by atoms with Crippen LogP contribution in [0.25, 0.3) is 5.52 Å². The lowest BCUT2D eigenvalue weighted by molar-refractivity contribution is 0.626. The molecule has 102 valence electrons. The van der Waals surface area contributed by atoms with Gasteiger partial charge in [0.25, 0.3) is 0 Å². The number of hydrogen-bond acceptors (Lipinski definition) is 2. The van der Waals surface area contributed by atoms with Crippen molar-refractivity contribution in [3.63, 3.8) is 0 Å². The molecule has 1 atom stereocenters. The molecule has 20 heavy (non-hydrogen) atoms. The van der Waals surface area contributed by atoms with E-state index in [0.717, 1.165) is 16.6 Å². The van der Waals surface area contributed by atoms with E-state index in [0.29, 0.717) is 11.4 Å². The van der Waals surface area contributed by atoms with Crippen LogP contribution < -0.4 is 5.73 Å². The first-order chi connectivity index (χ1) is 9.65. The Hall–Kier alpha value is -1.91. The molecule has 1 aromatic carbocycles. The van der Waals surface area contributed by atoms with Crippen LogP contribution in [0.2, 0.25) is 5.02 Å². The third-order valence-corrected chi connectivity index (χ3v) is 3.66. The summed E-state index contributed by atoms with van der Waals surface area (Å²) in [6, 6.07) is 9.95. The van der Waals surface area contributed by atoms with E-state index in [-0.39, 0.29) is 11.9 Å². The number of aromatic nitrogens is 2. The molecule has 0 radical (unpaired) electrons. The number of nitrogens with two attached hydrogens (primary N) is 1. The van der Waals surface area contributed by atoms with Gasteiger partial charge in [0.15, 0.2) is 0 Å². The van der Waals surface area contributed by atoms with Crippen LogP contribution in [-0.2, 0) is 6.42 Å². The third-order valence-electron chi connectivity index (χ3n) is 3.31. The Morgan fingerprint density at radius 3 is 2.95 bits per heavy atom. The maximum absolute atomic E-state index is 13.0. The van der Waals surface area contributed by atoms with Crippen LogP contribution in [0.3, 0.4) is 0 Å². The topological polar surface area (TPSA) is 43.3 Å². The molecule has 0 saturated carbocycles. The highest BCUT2D eigenvalue weighted by Gasteiger charge is 2.14. The van der Waals surface area contributed by atoms with E-state index in [9.17, 15) is 4.39 Å². The lowest BCUT2D eigenvalue weighted by atomic mass is 10.0. The zero-order valence-electron chi connectivity index (χ0n) is 10.6. The van der Waals surface area contributed by atoms with E-state index >= 15 is 0 Å². The molecule has 2 heterocycles. The van der Waals surface area contributed by atoms with E-state index in [1.54, 1.807) is 16.8 Å². The van der Waals surface area contributed by atoms with Crippen molar-refractivity contribution >= 4 is 17.1 Å². The van der Waals surface area contributed by atoms with Crippen molar-refractivity contribution in [3.05, 3.63) is 70.8 Å². The number of benzene rings is 1. The fourth-order valence-corrected chi connectivity index (χ4v) is 2.52. The SMILES string of the molecule is NC(Cc1ccc(F)cc1Cl)c1cnn2ccccc12. The summed E-state index contributed by atoms with van der Waals surface area (Å²) in [5, 5.41) is 4.66. The van der Waals surface area contributed by atoms with Gasteiger partial charge in [-0.25, -0.2) is 8.91 Å². The fourth-order valence-electron chi connectivity index (χ4n) is 2.27. The van der Waals surface area contributed by atoms with Crippen LogP contribution in [0.4, 0.5) is 4.39 Å². The minimum Gasteiger partial charge on any atom is -0.324 e. The Labute approximate surface area is 120 Å². The van der Waals surface area contributed by atoms with Gasteiger partial charge in [0.05, 0.1) is 11.7 Å². The molecule has 0 aliphatic rings. The normalized spacial score (nSPS) is 12.8. The Balaban J connectivity index is 1.91. The van der Waals surface area contributed by atoms with Crippen molar-refractivity contribution in [2.75, 3.05) is 0 Å². The Morgan fingerprint density at radius 2 is 2.15 bits per heavy atom. The Morgan fingerprint density at radius 1 is 1.30 bits per heavy atom. The van der Waals surface area contributed by atoms with E-state index in [1.807, 2.05) is 24.4 Å². The lowest BCUT2D eigenvalue weighted by Crippen LogP contribution is -2.13. The summed E-state index contributed by atoms with van der Waals surface area (Å²) in [5.74, 6) is -0.344. The van der Waals surface area contributed by atoms with Gasteiger partial charge in [-0.3, -0.25) is 0 Å². The van der Waals surface area contributed by atoms with Gasteiger partial charge in [-0.1, -0.05) is 23.7 Å². The second kappa shape index (κ2) is 5.23. The summed E-state index contributed by atoms with van der Waals surface area (Å²) in [7, 11) is 0. The zero-order chi connectivity index (χ0) is 14.1. The van der Waals surface area contributed by atoms with Gasteiger partial charge in [0, 0.05) is 22.8 Å². The summed E-state index contributed by atoms with van der Waals surface area (Å²) < 4.78 is 14.8. The Kier molecular flexibility index (Phi) is 3.42. The molecule has 0 aliphatic heterocycles. The van der Waals surface area contributed by atoms with Crippen molar-refractivity contribution in [2.24, 2.45) is 5.73 Å². The molecule has 5 heteroatoms. The van der Waals surface area contributed by atoms with Crippen molar-refractivity contribution in [1.82, 2.24) is 9.61 Å². The first-order valence-electron chi connectivity index (χ1n) is 6.27. The van der Waals surface area contributed by atoms with E-state index < -0.39 is 0 Å². The fraction of sp³-hybridized carbons (Fsp3) is 0.133. The zero-order valence-corrected chi connectivity index (χ0v) is 11.4. The van der Waals surface area contributed by atoms with Crippen molar-refractivity contribution in [1.29, 1.82) is 0 Å². The molecule has 2 aromatic heterocycles. The maximum Gasteiger partial charge on any atom is 0.124 e. The predicted octanol–water partition coefficient (Wildman–Crippen LogP) is 3.37. The average molecular weight is 290 g/mol. The number of nitrogens with zero attached hydrogens (tertiary/aromatic N) is 2. The summed E-state index contributed by atoms with van der Waals surface area (Å²) in [6.07, 6.45) is 4.17. The summed E-state index contributed by atoms with van der Waals surface area (Å²) in [4.78, 5) is 0. The molecule has 0 fully saturated rings. The van der Waals surface area contributed by atoms with E-state index in [4.69, 9.17) is 17.3 Å². The summed E-state index contributed by atoms with van der Waals surface area (Å²) >= 11 is 6.04. The minimum absolute atomic E-state index is 0.238. The second-order valence-corrected chi connectivity index (χ2v) is 5.08. The molecular formula is C15H13ClFN3. The molecule has 3 nitrogen and oxygen atoms in total. The number of pyridine rings is 1. The average Bonchev–Trinajstić information content (AvgIpc) is 2.86. The van der Waals surface area contributed by atoms with Gasteiger partial charge in [-0.05, 0) is 36.2 Å². The second-order valence-electron chi connectivity index (χ2n) is 4.68. The first-order valence-corrected chi connectivity index (χ1v) is 6.65. The number of hydrogen-bond donors (Lipinski definition) is 1. The van der Waals surface area contributed by atoms with Gasteiger partial charge in [0.1, 0.15) is 5.82 Å². The van der Waals surface area contributed by atoms with Crippen LogP contribution >= 0.6 is 11.6 Å². The smallest absolute Gasteiger partial charge is 0.124 e. The van der Waals surface area contributed by atoms with Crippen LogP contribution in [0.15, 0.2) is 48.8 Å². The van der Waals surface area contributed by atoms with Crippen LogP contribution in [0.5, 0.6) is 0 Å². The van der Waals surface area contributed by atoms with Crippen molar-refractivity contribution in [3.8, 4) is 0 Å². The molecule has 0 saturated heterocycles. The van der Waals surface area contributed by atoms with E-state index in [1.165, 1.54) is 12.1 Å². The van der Waals surface area contributed by atoms with Crippen molar-refractivity contribution < 1.29 is 4.39 Å². The molecular weight excluding hydrogens is 277 g/mol. The third kappa shape index (κ3) is 2.40. The predicted molar refractivity (Wildman–Crippen MR) is 77.2 cm³/mol. The molecule has 2 N–H and O–H groups in total. The van der Waals surface area contributed by atoms with Gasteiger partial charge < -0.3 is 5.73 Å². The van der Waals surface area contributed by atoms with Gasteiger partial charge in [-0.2, -0.15) is 5.10 Å². The van der Waals surface area contributed by atoms with E-state index in [2.05, 4.69) is 5.10 Å². The lowest BCUT2D eigenvalue weighted by Gasteiger charge is -2.12. The van der Waals surface area contributed by atoms with Gasteiger partial charge in [0.2, 0.25) is 0 Å². The van der Waals surface area contributed by atoms with Gasteiger partial charge >= 0.3 is 0 Å². The molecule has 3 rings (SSSR count). The Bertz CT molecular complexity index is 754. The number of rotatable bonds is 3. The molecule has 3 aromatic rings. The number of fused-ring (bicyclic) bond motifs is 1. The van der Waals surface area contributed by atoms with Crippen molar-refractivity contribution in [2.45, 2.75) is 12.5 Å². The highest BCUT2D eigenvalue weighted by molar-refractivity contribution is 6.31. The number of halogens is 2. The highest BCUT2D eigenvalue weighted by Crippen LogP contribution is 2.25. The molecule has 0 aliphatic carbocycles. The van der Waals surface area contributed by atoms with Gasteiger partial charge in [-0.15, -0.1) is 0 Å². The monoisotopic (exact) mass is 289 g/mol. The highest BCUT2D eigenvalue weighted by atomic mass is 35.5. The quantitative estimate of drug-likeness (QED) is 0.803. The standard InChI is InChI=1S/C15H13ClFN3/c16-13-8-11(17)5-4-10(13)7-14(18)12-9-19-20-6-2-1-3-15(12)20/h1-6,8-9,14H,7,18H2. The summed E-state index contributed by atoms with van der Waals surface area (Å²) in [5.41, 5.74) is 8.99. The molecule has 0 amide bonds. The summed E-state index contributed by atoms with van der Waals surface area (Å²) in [6.45, 7) is 0. The van der Waals surface area contributed by atoms with Crippen LogP contribution in [0, 0.1) is 5.82 Å². The largest absolute Gasteiger partial charge is 0.324 e. The first kappa shape index (κ1) is 13.1. The molecule has 0 bridgehead atoms. The molecule has 1 unspecified atom stereocenters.